The Balaban J connectivity index is 0.00000220. The number of halogens is 1. The van der Waals surface area contributed by atoms with E-state index < -0.39 is 0 Å². The molecule has 2 N–H and O–H groups in total. The second kappa shape index (κ2) is 8.41. The van der Waals surface area contributed by atoms with Crippen molar-refractivity contribution < 1.29 is 0 Å². The summed E-state index contributed by atoms with van der Waals surface area (Å²) in [5.41, 5.74) is 7.65. The number of anilines is 2. The Morgan fingerprint density at radius 2 is 1.90 bits per heavy atom. The second-order valence-corrected chi connectivity index (χ2v) is 6.03. The number of thiazole rings is 1. The molecular weight excluding hydrogens is 304 g/mol. The summed E-state index contributed by atoms with van der Waals surface area (Å²) in [4.78, 5) is 9.36. The molecule has 0 radical (unpaired) electrons. The number of hydrogen-bond donors (Lipinski definition) is 1. The molecule has 0 saturated carbocycles. The molecule has 21 heavy (non-hydrogen) atoms. The maximum absolute atomic E-state index is 5.81. The van der Waals surface area contributed by atoms with Crippen LogP contribution >= 0.6 is 23.7 Å². The van der Waals surface area contributed by atoms with Gasteiger partial charge < -0.3 is 15.5 Å². The fraction of sp³-hybridized carbons (Fsp3) is 0.533. The zero-order valence-corrected chi connectivity index (χ0v) is 14.6. The summed E-state index contributed by atoms with van der Waals surface area (Å²) in [6.07, 6.45) is 1.16. The van der Waals surface area contributed by atoms with E-state index in [4.69, 9.17) is 5.73 Å². The summed E-state index contributed by atoms with van der Waals surface area (Å²) in [6, 6.07) is 5.90. The Labute approximate surface area is 137 Å². The SMILES string of the molecule is CCN(CC)CCCN(C)c1nc2ccc(N)cc2s1.Cl. The number of benzene rings is 1. The molecule has 0 aliphatic rings. The predicted octanol–water partition coefficient (Wildman–Crippen LogP) is 3.47. The molecule has 1 aromatic carbocycles. The smallest absolute Gasteiger partial charge is 0.186 e. The highest BCUT2D eigenvalue weighted by molar-refractivity contribution is 7.22. The highest BCUT2D eigenvalue weighted by Gasteiger charge is 2.09. The van der Waals surface area contributed by atoms with Crippen molar-refractivity contribution in [2.24, 2.45) is 0 Å². The molecule has 118 valence electrons. The molecule has 0 aliphatic carbocycles. The van der Waals surface area contributed by atoms with Crippen molar-refractivity contribution in [3.05, 3.63) is 18.2 Å². The van der Waals surface area contributed by atoms with Crippen LogP contribution in [0.4, 0.5) is 10.8 Å². The molecule has 0 aliphatic heterocycles. The molecule has 0 atom stereocenters. The van der Waals surface area contributed by atoms with Crippen LogP contribution in [0.15, 0.2) is 18.2 Å². The van der Waals surface area contributed by atoms with Crippen molar-refractivity contribution in [2.75, 3.05) is 43.9 Å². The van der Waals surface area contributed by atoms with Crippen molar-refractivity contribution in [1.82, 2.24) is 9.88 Å². The number of rotatable bonds is 7. The molecule has 0 spiro atoms. The standard InChI is InChI=1S/C15H24N4S.ClH/c1-4-19(5-2)10-6-9-18(3)15-17-13-8-7-12(16)11-14(13)20-15;/h7-8,11H,4-6,9-10,16H2,1-3H3;1H. The van der Waals surface area contributed by atoms with Gasteiger partial charge in [0.25, 0.3) is 0 Å². The van der Waals surface area contributed by atoms with E-state index in [1.165, 1.54) is 0 Å². The van der Waals surface area contributed by atoms with Crippen molar-refractivity contribution >= 4 is 44.8 Å². The number of hydrogen-bond acceptors (Lipinski definition) is 5. The molecule has 0 saturated heterocycles. The third-order valence-electron chi connectivity index (χ3n) is 3.59. The molecule has 1 aromatic heterocycles. The highest BCUT2D eigenvalue weighted by atomic mass is 35.5. The van der Waals surface area contributed by atoms with Crippen LogP contribution in [-0.4, -0.2) is 43.1 Å². The summed E-state index contributed by atoms with van der Waals surface area (Å²) in [5, 5.41) is 1.07. The molecule has 2 aromatic rings. The molecule has 0 bridgehead atoms. The minimum atomic E-state index is 0. The van der Waals surface area contributed by atoms with Crippen LogP contribution in [0.5, 0.6) is 0 Å². The van der Waals surface area contributed by atoms with Crippen molar-refractivity contribution in [2.45, 2.75) is 20.3 Å². The summed E-state index contributed by atoms with van der Waals surface area (Å²) in [5.74, 6) is 0. The maximum atomic E-state index is 5.81. The van der Waals surface area contributed by atoms with Crippen molar-refractivity contribution in [3.63, 3.8) is 0 Å². The van der Waals surface area contributed by atoms with E-state index in [1.54, 1.807) is 11.3 Å². The highest BCUT2D eigenvalue weighted by Crippen LogP contribution is 2.29. The van der Waals surface area contributed by atoms with Crippen LogP contribution < -0.4 is 10.6 Å². The Hall–Kier alpha value is -1.04. The minimum absolute atomic E-state index is 0. The van der Waals surface area contributed by atoms with Crippen LogP contribution in [0.1, 0.15) is 20.3 Å². The third-order valence-corrected chi connectivity index (χ3v) is 4.72. The summed E-state index contributed by atoms with van der Waals surface area (Å²) < 4.78 is 1.16. The van der Waals surface area contributed by atoms with Gasteiger partial charge in [0.1, 0.15) is 0 Å². The fourth-order valence-corrected chi connectivity index (χ4v) is 3.26. The molecule has 0 amide bonds. The summed E-state index contributed by atoms with van der Waals surface area (Å²) >= 11 is 1.71. The number of nitrogens with two attached hydrogens (primary N) is 1. The number of nitrogens with zero attached hydrogens (tertiary/aromatic N) is 3. The zero-order chi connectivity index (χ0) is 14.5. The predicted molar refractivity (Wildman–Crippen MR) is 97.0 cm³/mol. The van der Waals surface area contributed by atoms with Gasteiger partial charge in [0, 0.05) is 19.3 Å². The molecule has 6 heteroatoms. The average molecular weight is 329 g/mol. The number of aromatic nitrogens is 1. The summed E-state index contributed by atoms with van der Waals surface area (Å²) in [7, 11) is 2.11. The van der Waals surface area contributed by atoms with Gasteiger partial charge in [0.05, 0.1) is 10.2 Å². The lowest BCUT2D eigenvalue weighted by Gasteiger charge is -2.20. The van der Waals surface area contributed by atoms with Gasteiger partial charge in [-0.05, 0) is 44.3 Å². The first-order chi connectivity index (χ1) is 9.63. The monoisotopic (exact) mass is 328 g/mol. The van der Waals surface area contributed by atoms with Gasteiger partial charge in [0.2, 0.25) is 0 Å². The Bertz CT molecular complexity index is 554. The van der Waals surface area contributed by atoms with E-state index in [2.05, 4.69) is 35.7 Å². The Morgan fingerprint density at radius 1 is 1.19 bits per heavy atom. The Morgan fingerprint density at radius 3 is 2.57 bits per heavy atom. The van der Waals surface area contributed by atoms with Crippen molar-refractivity contribution in [1.29, 1.82) is 0 Å². The second-order valence-electron chi connectivity index (χ2n) is 5.03. The van der Waals surface area contributed by atoms with Crippen LogP contribution in [0, 0.1) is 0 Å². The minimum Gasteiger partial charge on any atom is -0.399 e. The first kappa shape index (κ1) is 18.0. The van der Waals surface area contributed by atoms with E-state index >= 15 is 0 Å². The molecular formula is C15H25ClN4S. The summed E-state index contributed by atoms with van der Waals surface area (Å²) in [6.45, 7) is 8.86. The largest absolute Gasteiger partial charge is 0.399 e. The van der Waals surface area contributed by atoms with Gasteiger partial charge in [-0.1, -0.05) is 25.2 Å². The first-order valence-electron chi connectivity index (χ1n) is 7.23. The third kappa shape index (κ3) is 4.73. The maximum Gasteiger partial charge on any atom is 0.186 e. The lowest BCUT2D eigenvalue weighted by Crippen LogP contribution is -2.28. The van der Waals surface area contributed by atoms with Gasteiger partial charge in [-0.2, -0.15) is 0 Å². The molecule has 1 heterocycles. The zero-order valence-electron chi connectivity index (χ0n) is 13.0. The first-order valence-corrected chi connectivity index (χ1v) is 8.05. The Kier molecular flexibility index (Phi) is 7.22. The molecule has 2 rings (SSSR count). The topological polar surface area (TPSA) is 45.4 Å². The van der Waals surface area contributed by atoms with Gasteiger partial charge in [0.15, 0.2) is 5.13 Å². The van der Waals surface area contributed by atoms with E-state index in [-0.39, 0.29) is 12.4 Å². The van der Waals surface area contributed by atoms with E-state index in [0.717, 1.165) is 53.6 Å². The molecule has 4 nitrogen and oxygen atoms in total. The number of nitrogen functional groups attached to an aromatic ring is 1. The average Bonchev–Trinajstić information content (AvgIpc) is 2.86. The van der Waals surface area contributed by atoms with E-state index in [1.807, 2.05) is 18.2 Å². The van der Waals surface area contributed by atoms with E-state index in [9.17, 15) is 0 Å². The van der Waals surface area contributed by atoms with Crippen LogP contribution in [-0.2, 0) is 0 Å². The fourth-order valence-electron chi connectivity index (χ4n) is 2.26. The number of fused-ring (bicyclic) bond motifs is 1. The van der Waals surface area contributed by atoms with Crippen molar-refractivity contribution in [3.8, 4) is 0 Å². The van der Waals surface area contributed by atoms with Gasteiger partial charge in [-0.15, -0.1) is 12.4 Å². The van der Waals surface area contributed by atoms with E-state index in [0.29, 0.717) is 0 Å². The van der Waals surface area contributed by atoms with Crippen LogP contribution in [0.25, 0.3) is 10.2 Å². The van der Waals surface area contributed by atoms with Gasteiger partial charge in [-0.25, -0.2) is 4.98 Å². The van der Waals surface area contributed by atoms with Gasteiger partial charge >= 0.3 is 0 Å². The van der Waals surface area contributed by atoms with Crippen LogP contribution in [0.3, 0.4) is 0 Å². The normalized spacial score (nSPS) is 10.9. The quantitative estimate of drug-likeness (QED) is 0.790. The lowest BCUT2D eigenvalue weighted by atomic mass is 10.3. The van der Waals surface area contributed by atoms with Gasteiger partial charge in [-0.3, -0.25) is 0 Å². The molecule has 0 unspecified atom stereocenters. The molecule has 0 fully saturated rings. The lowest BCUT2D eigenvalue weighted by molar-refractivity contribution is 0.301. The van der Waals surface area contributed by atoms with Crippen LogP contribution in [0.2, 0.25) is 0 Å².